The van der Waals surface area contributed by atoms with E-state index in [2.05, 4.69) is 0 Å². The number of nitrogens with zero attached hydrogens (tertiary/aromatic N) is 2. The van der Waals surface area contributed by atoms with E-state index in [0.29, 0.717) is 23.6 Å². The van der Waals surface area contributed by atoms with Crippen LogP contribution in [0.25, 0.3) is 0 Å². The van der Waals surface area contributed by atoms with Crippen LogP contribution in [0.15, 0.2) is 77.7 Å². The van der Waals surface area contributed by atoms with Crippen molar-refractivity contribution in [2.24, 2.45) is 0 Å². The lowest BCUT2D eigenvalue weighted by Crippen LogP contribution is -2.42. The van der Waals surface area contributed by atoms with Gasteiger partial charge in [-0.2, -0.15) is 4.31 Å². The summed E-state index contributed by atoms with van der Waals surface area (Å²) < 4.78 is 42.0. The molecular formula is C23H20ClFN2O3S. The summed E-state index contributed by atoms with van der Waals surface area (Å²) >= 11 is 6.24. The zero-order valence-electron chi connectivity index (χ0n) is 16.5. The number of halogens is 2. The van der Waals surface area contributed by atoms with E-state index in [0.717, 1.165) is 21.6 Å². The molecule has 0 unspecified atom stereocenters. The quantitative estimate of drug-likeness (QED) is 0.554. The molecule has 5 nitrogen and oxygen atoms in total. The predicted molar refractivity (Wildman–Crippen MR) is 118 cm³/mol. The summed E-state index contributed by atoms with van der Waals surface area (Å²) in [5.41, 5.74) is 2.33. The van der Waals surface area contributed by atoms with Crippen LogP contribution in [-0.2, 0) is 27.8 Å². The fraction of sp³-hybridized carbons (Fsp3) is 0.174. The lowest BCUT2D eigenvalue weighted by atomic mass is 10.2. The summed E-state index contributed by atoms with van der Waals surface area (Å²) in [5, 5.41) is 0.371. The number of sulfonamides is 1. The molecule has 0 aliphatic carbocycles. The van der Waals surface area contributed by atoms with Crippen molar-refractivity contribution in [3.05, 3.63) is 94.8 Å². The Balaban J connectivity index is 1.68. The third-order valence-corrected chi connectivity index (χ3v) is 7.45. The molecule has 1 amide bonds. The van der Waals surface area contributed by atoms with Crippen LogP contribution in [-0.4, -0.2) is 31.7 Å². The number of anilines is 1. The van der Waals surface area contributed by atoms with E-state index in [1.54, 1.807) is 29.2 Å². The van der Waals surface area contributed by atoms with Crippen LogP contribution in [0.1, 0.15) is 11.1 Å². The molecule has 0 aromatic heterocycles. The van der Waals surface area contributed by atoms with E-state index in [-0.39, 0.29) is 12.5 Å². The predicted octanol–water partition coefficient (Wildman–Crippen LogP) is 4.26. The van der Waals surface area contributed by atoms with E-state index in [9.17, 15) is 17.6 Å². The highest BCUT2D eigenvalue weighted by Gasteiger charge is 2.33. The van der Waals surface area contributed by atoms with Gasteiger partial charge in [-0.25, -0.2) is 12.8 Å². The minimum atomic E-state index is -4.30. The van der Waals surface area contributed by atoms with E-state index >= 15 is 0 Å². The second-order valence-electron chi connectivity index (χ2n) is 7.22. The van der Waals surface area contributed by atoms with Gasteiger partial charge in [0.05, 0.1) is 6.54 Å². The number of carbonyl (C=O) groups is 1. The Hall–Kier alpha value is -2.74. The fourth-order valence-corrected chi connectivity index (χ4v) is 5.30. The molecule has 1 heterocycles. The van der Waals surface area contributed by atoms with Gasteiger partial charge >= 0.3 is 0 Å². The zero-order chi connectivity index (χ0) is 22.0. The number of benzene rings is 3. The smallest absolute Gasteiger partial charge is 0.246 e. The molecule has 0 bridgehead atoms. The topological polar surface area (TPSA) is 57.7 Å². The van der Waals surface area contributed by atoms with E-state index in [1.807, 2.05) is 24.3 Å². The van der Waals surface area contributed by atoms with Gasteiger partial charge in [-0.3, -0.25) is 4.79 Å². The van der Waals surface area contributed by atoms with Crippen LogP contribution in [0.5, 0.6) is 0 Å². The summed E-state index contributed by atoms with van der Waals surface area (Å²) in [6, 6.07) is 19.4. The molecule has 1 aliphatic heterocycles. The van der Waals surface area contributed by atoms with Crippen LogP contribution in [0.4, 0.5) is 10.1 Å². The fourth-order valence-electron chi connectivity index (χ4n) is 3.67. The Labute approximate surface area is 185 Å². The number of hydrogen-bond acceptors (Lipinski definition) is 3. The molecule has 0 saturated carbocycles. The Morgan fingerprint density at radius 1 is 1.00 bits per heavy atom. The highest BCUT2D eigenvalue weighted by Crippen LogP contribution is 2.29. The molecule has 0 saturated heterocycles. The lowest BCUT2D eigenvalue weighted by Gasteiger charge is -2.25. The van der Waals surface area contributed by atoms with E-state index in [1.165, 1.54) is 18.2 Å². The van der Waals surface area contributed by atoms with Gasteiger partial charge < -0.3 is 4.90 Å². The van der Waals surface area contributed by atoms with Crippen LogP contribution in [0.2, 0.25) is 5.02 Å². The van der Waals surface area contributed by atoms with Gasteiger partial charge in [0.15, 0.2) is 0 Å². The maximum atomic E-state index is 14.4. The number of carbonyl (C=O) groups excluding carboxylic acids is 1. The molecular weight excluding hydrogens is 439 g/mol. The molecule has 31 heavy (non-hydrogen) atoms. The number of amides is 1. The molecule has 3 aromatic rings. The van der Waals surface area contributed by atoms with Gasteiger partial charge in [-0.15, -0.1) is 0 Å². The molecule has 4 rings (SSSR count). The standard InChI is InChI=1S/C23H20ClFN2O3S/c24-19-9-3-1-8-18(19)15-26(31(29,30)22-12-6-4-10-20(22)25)16-23(28)27-14-13-17-7-2-5-11-21(17)27/h1-12H,13-16H2. The monoisotopic (exact) mass is 458 g/mol. The van der Waals surface area contributed by atoms with Crippen molar-refractivity contribution in [3.8, 4) is 0 Å². The minimum absolute atomic E-state index is 0.155. The second kappa shape index (κ2) is 8.78. The first-order chi connectivity index (χ1) is 14.9. The summed E-state index contributed by atoms with van der Waals surface area (Å²) in [6.07, 6.45) is 0.701. The molecule has 0 atom stereocenters. The van der Waals surface area contributed by atoms with Crippen molar-refractivity contribution in [1.82, 2.24) is 4.31 Å². The van der Waals surface area contributed by atoms with Crippen molar-refractivity contribution in [1.29, 1.82) is 0 Å². The third kappa shape index (κ3) is 4.35. The minimum Gasteiger partial charge on any atom is -0.311 e. The highest BCUT2D eigenvalue weighted by molar-refractivity contribution is 7.89. The lowest BCUT2D eigenvalue weighted by molar-refractivity contribution is -0.118. The van der Waals surface area contributed by atoms with Crippen LogP contribution >= 0.6 is 11.6 Å². The number of fused-ring (bicyclic) bond motifs is 1. The summed E-state index contributed by atoms with van der Waals surface area (Å²) in [7, 11) is -4.30. The van der Waals surface area contributed by atoms with E-state index in [4.69, 9.17) is 11.6 Å². The van der Waals surface area contributed by atoms with Crippen molar-refractivity contribution >= 4 is 33.2 Å². The van der Waals surface area contributed by atoms with Gasteiger partial charge in [-0.05, 0) is 41.8 Å². The first kappa shape index (κ1) is 21.5. The number of para-hydroxylation sites is 1. The second-order valence-corrected chi connectivity index (χ2v) is 9.53. The summed E-state index contributed by atoms with van der Waals surface area (Å²) in [5.74, 6) is -1.25. The maximum absolute atomic E-state index is 14.4. The largest absolute Gasteiger partial charge is 0.311 e. The summed E-state index contributed by atoms with van der Waals surface area (Å²) in [4.78, 5) is 14.2. The van der Waals surface area contributed by atoms with Gasteiger partial charge in [0.1, 0.15) is 10.7 Å². The van der Waals surface area contributed by atoms with Crippen LogP contribution in [0, 0.1) is 5.82 Å². The number of hydrogen-bond donors (Lipinski definition) is 0. The molecule has 3 aromatic carbocycles. The van der Waals surface area contributed by atoms with Crippen LogP contribution in [0.3, 0.4) is 0 Å². The van der Waals surface area contributed by atoms with Gasteiger partial charge in [-0.1, -0.05) is 60.1 Å². The first-order valence-electron chi connectivity index (χ1n) is 9.74. The van der Waals surface area contributed by atoms with Gasteiger partial charge in [0, 0.05) is 23.8 Å². The Kier molecular flexibility index (Phi) is 6.09. The van der Waals surface area contributed by atoms with E-state index < -0.39 is 27.3 Å². The molecule has 1 aliphatic rings. The van der Waals surface area contributed by atoms with Gasteiger partial charge in [0.25, 0.3) is 0 Å². The Morgan fingerprint density at radius 2 is 1.68 bits per heavy atom. The first-order valence-corrected chi connectivity index (χ1v) is 11.6. The molecule has 0 spiro atoms. The van der Waals surface area contributed by atoms with Crippen molar-refractivity contribution in [2.45, 2.75) is 17.9 Å². The summed E-state index contributed by atoms with van der Waals surface area (Å²) in [6.45, 7) is -0.119. The maximum Gasteiger partial charge on any atom is 0.246 e. The average molecular weight is 459 g/mol. The molecule has 8 heteroatoms. The third-order valence-electron chi connectivity index (χ3n) is 5.26. The SMILES string of the molecule is O=C(CN(Cc1ccccc1Cl)S(=O)(=O)c1ccccc1F)N1CCc2ccccc21. The molecule has 0 N–H and O–H groups in total. The van der Waals surface area contributed by atoms with Crippen molar-refractivity contribution in [3.63, 3.8) is 0 Å². The molecule has 160 valence electrons. The Morgan fingerprint density at radius 3 is 2.45 bits per heavy atom. The van der Waals surface area contributed by atoms with Crippen molar-refractivity contribution in [2.75, 3.05) is 18.0 Å². The highest BCUT2D eigenvalue weighted by atomic mass is 35.5. The Bertz CT molecular complexity index is 1230. The van der Waals surface area contributed by atoms with Gasteiger partial charge in [0.2, 0.25) is 15.9 Å². The van der Waals surface area contributed by atoms with Crippen molar-refractivity contribution < 1.29 is 17.6 Å². The molecule has 0 radical (unpaired) electrons. The normalized spacial score (nSPS) is 13.5. The average Bonchev–Trinajstić information content (AvgIpc) is 3.19. The van der Waals surface area contributed by atoms with Crippen LogP contribution < -0.4 is 4.90 Å². The zero-order valence-corrected chi connectivity index (χ0v) is 18.1. The number of rotatable bonds is 6. The molecule has 0 fully saturated rings.